The third-order valence-corrected chi connectivity index (χ3v) is 5.92. The van der Waals surface area contributed by atoms with Crippen LogP contribution >= 0.6 is 0 Å². The van der Waals surface area contributed by atoms with E-state index in [4.69, 9.17) is 4.74 Å². The van der Waals surface area contributed by atoms with Gasteiger partial charge in [0.05, 0.1) is 11.0 Å². The van der Waals surface area contributed by atoms with Crippen molar-refractivity contribution < 1.29 is 13.9 Å². The molecule has 1 amide bonds. The molecule has 8 heteroatoms. The number of carbonyl (C=O) groups excluding carboxylic acids is 1. The second-order valence-corrected chi connectivity index (χ2v) is 9.41. The largest absolute Gasteiger partial charge is 0.444 e. The van der Waals surface area contributed by atoms with Crippen LogP contribution in [0.3, 0.4) is 0 Å². The Balaban J connectivity index is 1.37. The number of nitrogens with zero attached hydrogens (tertiary/aromatic N) is 4. The summed E-state index contributed by atoms with van der Waals surface area (Å²) in [7, 11) is 2.07. The Morgan fingerprint density at radius 3 is 2.71 bits per heavy atom. The smallest absolute Gasteiger partial charge is 0.407 e. The van der Waals surface area contributed by atoms with Crippen LogP contribution in [0.15, 0.2) is 30.6 Å². The third kappa shape index (κ3) is 4.89. The lowest BCUT2D eigenvalue weighted by Gasteiger charge is -2.35. The van der Waals surface area contributed by atoms with E-state index in [1.54, 1.807) is 16.9 Å². The summed E-state index contributed by atoms with van der Waals surface area (Å²) in [6.07, 6.45) is 5.50. The summed E-state index contributed by atoms with van der Waals surface area (Å²) in [6, 6.07) is 7.07. The molecule has 1 aliphatic carbocycles. The SMILES string of the molecule is CN(c1cc2c3ccc(F)cc3nn2cn1)C1CCC(CNC(=O)OC(C)(C)C)CC1. The van der Waals surface area contributed by atoms with Crippen LogP contribution in [0.4, 0.5) is 15.0 Å². The van der Waals surface area contributed by atoms with Gasteiger partial charge in [0.15, 0.2) is 0 Å². The molecule has 7 nitrogen and oxygen atoms in total. The van der Waals surface area contributed by atoms with Gasteiger partial charge in [0.1, 0.15) is 23.6 Å². The van der Waals surface area contributed by atoms with Gasteiger partial charge in [-0.1, -0.05) is 0 Å². The Labute approximate surface area is 181 Å². The van der Waals surface area contributed by atoms with Crippen molar-refractivity contribution in [3.63, 3.8) is 0 Å². The molecule has 0 radical (unpaired) electrons. The van der Waals surface area contributed by atoms with Gasteiger partial charge in [-0.15, -0.1) is 0 Å². The first kappa shape index (κ1) is 21.3. The van der Waals surface area contributed by atoms with E-state index in [-0.39, 0.29) is 11.9 Å². The maximum atomic E-state index is 13.5. The van der Waals surface area contributed by atoms with Crippen LogP contribution in [0.5, 0.6) is 0 Å². The van der Waals surface area contributed by atoms with Crippen LogP contribution < -0.4 is 10.2 Å². The normalized spacial score (nSPS) is 19.5. The summed E-state index contributed by atoms with van der Waals surface area (Å²) in [5.74, 6) is 1.05. The molecule has 0 aliphatic heterocycles. The number of aromatic nitrogens is 3. The Kier molecular flexibility index (Phi) is 5.73. The van der Waals surface area contributed by atoms with Gasteiger partial charge < -0.3 is 15.0 Å². The first-order chi connectivity index (χ1) is 14.7. The number of rotatable bonds is 4. The van der Waals surface area contributed by atoms with Gasteiger partial charge in [-0.2, -0.15) is 5.10 Å². The first-order valence-corrected chi connectivity index (χ1v) is 10.8. The number of amides is 1. The number of benzene rings is 1. The summed E-state index contributed by atoms with van der Waals surface area (Å²) in [6.45, 7) is 6.24. The van der Waals surface area contributed by atoms with Crippen molar-refractivity contribution in [3.05, 3.63) is 36.4 Å². The van der Waals surface area contributed by atoms with E-state index in [1.165, 1.54) is 12.1 Å². The monoisotopic (exact) mass is 427 g/mol. The fourth-order valence-electron chi connectivity index (χ4n) is 4.26. The highest BCUT2D eigenvalue weighted by Gasteiger charge is 2.26. The van der Waals surface area contributed by atoms with Crippen molar-refractivity contribution in [2.24, 2.45) is 5.92 Å². The number of anilines is 1. The predicted octanol–water partition coefficient (Wildman–Crippen LogP) is 4.54. The van der Waals surface area contributed by atoms with E-state index in [1.807, 2.05) is 26.8 Å². The van der Waals surface area contributed by atoms with Crippen LogP contribution in [0.25, 0.3) is 16.4 Å². The molecule has 0 bridgehead atoms. The molecule has 0 saturated heterocycles. The highest BCUT2D eigenvalue weighted by molar-refractivity contribution is 5.94. The van der Waals surface area contributed by atoms with Crippen LogP contribution in [-0.4, -0.2) is 45.9 Å². The van der Waals surface area contributed by atoms with Crippen molar-refractivity contribution in [2.45, 2.75) is 58.1 Å². The maximum Gasteiger partial charge on any atom is 0.407 e. The molecule has 1 N–H and O–H groups in total. The molecule has 4 rings (SSSR count). The van der Waals surface area contributed by atoms with E-state index in [0.29, 0.717) is 24.0 Å². The zero-order valence-electron chi connectivity index (χ0n) is 18.6. The number of alkyl carbamates (subject to hydrolysis) is 1. The molecule has 31 heavy (non-hydrogen) atoms. The van der Waals surface area contributed by atoms with Gasteiger partial charge in [-0.25, -0.2) is 18.7 Å². The van der Waals surface area contributed by atoms with E-state index < -0.39 is 5.60 Å². The molecule has 166 valence electrons. The van der Waals surface area contributed by atoms with Gasteiger partial charge in [0.2, 0.25) is 0 Å². The first-order valence-electron chi connectivity index (χ1n) is 10.8. The molecular weight excluding hydrogens is 397 g/mol. The summed E-state index contributed by atoms with van der Waals surface area (Å²) in [5.41, 5.74) is 1.06. The van der Waals surface area contributed by atoms with Gasteiger partial charge in [0, 0.05) is 37.2 Å². The molecule has 0 atom stereocenters. The molecule has 1 aromatic carbocycles. The standard InChI is InChI=1S/C23H30FN5O2/c1-23(2,3)31-22(30)25-13-15-5-8-17(9-6-15)28(4)21-12-20-18-10-7-16(24)11-19(18)27-29(20)14-26-21/h7,10-12,14-15,17H,5-6,8-9,13H2,1-4H3,(H,25,30). The minimum absolute atomic E-state index is 0.292. The van der Waals surface area contributed by atoms with Crippen molar-refractivity contribution in [3.8, 4) is 0 Å². The molecule has 1 saturated carbocycles. The zero-order chi connectivity index (χ0) is 22.2. The van der Waals surface area contributed by atoms with Crippen LogP contribution in [-0.2, 0) is 4.74 Å². The van der Waals surface area contributed by atoms with Crippen molar-refractivity contribution in [1.29, 1.82) is 0 Å². The van der Waals surface area contributed by atoms with Crippen molar-refractivity contribution in [2.75, 3.05) is 18.5 Å². The second-order valence-electron chi connectivity index (χ2n) is 9.41. The number of hydrogen-bond acceptors (Lipinski definition) is 5. The lowest BCUT2D eigenvalue weighted by atomic mass is 9.85. The lowest BCUT2D eigenvalue weighted by Crippen LogP contribution is -2.39. The zero-order valence-corrected chi connectivity index (χ0v) is 18.6. The van der Waals surface area contributed by atoms with Gasteiger partial charge in [0.25, 0.3) is 0 Å². The van der Waals surface area contributed by atoms with Crippen LogP contribution in [0.1, 0.15) is 46.5 Å². The van der Waals surface area contributed by atoms with Crippen molar-refractivity contribution >= 4 is 28.3 Å². The second kappa shape index (κ2) is 8.32. The Hall–Kier alpha value is -2.90. The summed E-state index contributed by atoms with van der Waals surface area (Å²) < 4.78 is 20.5. The number of halogens is 1. The van der Waals surface area contributed by atoms with E-state index in [9.17, 15) is 9.18 Å². The predicted molar refractivity (Wildman–Crippen MR) is 119 cm³/mol. The average Bonchev–Trinajstić information content (AvgIpc) is 3.07. The molecule has 0 spiro atoms. The molecule has 3 aromatic rings. The van der Waals surface area contributed by atoms with Gasteiger partial charge in [-0.3, -0.25) is 0 Å². The maximum absolute atomic E-state index is 13.5. The lowest BCUT2D eigenvalue weighted by molar-refractivity contribution is 0.0515. The fraction of sp³-hybridized carbons (Fsp3) is 0.522. The number of ether oxygens (including phenoxy) is 1. The Morgan fingerprint density at radius 1 is 1.26 bits per heavy atom. The average molecular weight is 428 g/mol. The molecular formula is C23H30FN5O2. The third-order valence-electron chi connectivity index (χ3n) is 5.92. The Bertz CT molecular complexity index is 1080. The Morgan fingerprint density at radius 2 is 2.00 bits per heavy atom. The van der Waals surface area contributed by atoms with Gasteiger partial charge >= 0.3 is 6.09 Å². The number of fused-ring (bicyclic) bond motifs is 3. The van der Waals surface area contributed by atoms with Crippen LogP contribution in [0.2, 0.25) is 0 Å². The van der Waals surface area contributed by atoms with E-state index in [0.717, 1.165) is 42.4 Å². The van der Waals surface area contributed by atoms with Crippen molar-refractivity contribution in [1.82, 2.24) is 19.9 Å². The molecule has 0 unspecified atom stereocenters. The van der Waals surface area contributed by atoms with Gasteiger partial charge in [-0.05, 0) is 64.5 Å². The number of nitrogens with one attached hydrogen (secondary N) is 1. The number of hydrogen-bond donors (Lipinski definition) is 1. The minimum Gasteiger partial charge on any atom is -0.444 e. The fourth-order valence-corrected chi connectivity index (χ4v) is 4.26. The summed E-state index contributed by atoms with van der Waals surface area (Å²) in [4.78, 5) is 18.7. The molecule has 2 aromatic heterocycles. The number of carbonyl (C=O) groups is 1. The summed E-state index contributed by atoms with van der Waals surface area (Å²) >= 11 is 0. The quantitative estimate of drug-likeness (QED) is 0.662. The van der Waals surface area contributed by atoms with E-state index in [2.05, 4.69) is 27.3 Å². The molecule has 1 fully saturated rings. The topological polar surface area (TPSA) is 71.8 Å². The highest BCUT2D eigenvalue weighted by Crippen LogP contribution is 2.30. The highest BCUT2D eigenvalue weighted by atomic mass is 19.1. The van der Waals surface area contributed by atoms with E-state index >= 15 is 0 Å². The summed E-state index contributed by atoms with van der Waals surface area (Å²) in [5, 5.41) is 8.22. The molecule has 1 aliphatic rings. The molecule has 2 heterocycles. The minimum atomic E-state index is -0.479. The van der Waals surface area contributed by atoms with Crippen LogP contribution in [0, 0.1) is 11.7 Å².